The van der Waals surface area contributed by atoms with Gasteiger partial charge in [-0.2, -0.15) is 0 Å². The molecule has 2 aromatic heterocycles. The molecule has 1 aliphatic rings. The SMILES string of the molecule is CC(Cn1cnc2c1c(=O)n(C)c(=O)n2C)[NH+]1CCCC1.[Cl-]. The van der Waals surface area contributed by atoms with E-state index in [0.717, 1.165) is 11.1 Å². The molecule has 1 saturated heterocycles. The van der Waals surface area contributed by atoms with Crippen molar-refractivity contribution in [1.82, 2.24) is 18.7 Å². The number of nitrogens with one attached hydrogen (secondary N) is 1. The highest BCUT2D eigenvalue weighted by molar-refractivity contribution is 5.69. The largest absolute Gasteiger partial charge is 1.00 e. The van der Waals surface area contributed by atoms with Crippen LogP contribution in [-0.4, -0.2) is 37.8 Å². The quantitative estimate of drug-likeness (QED) is 0.618. The molecule has 22 heavy (non-hydrogen) atoms. The number of aromatic nitrogens is 4. The molecule has 1 atom stereocenters. The predicted molar refractivity (Wildman–Crippen MR) is 79.6 cm³/mol. The van der Waals surface area contributed by atoms with Crippen molar-refractivity contribution in [3.63, 3.8) is 0 Å². The van der Waals surface area contributed by atoms with Crippen molar-refractivity contribution in [1.29, 1.82) is 0 Å². The lowest BCUT2D eigenvalue weighted by molar-refractivity contribution is -0.912. The summed E-state index contributed by atoms with van der Waals surface area (Å²) >= 11 is 0. The number of rotatable bonds is 3. The molecule has 2 aromatic rings. The van der Waals surface area contributed by atoms with Crippen molar-refractivity contribution in [2.75, 3.05) is 13.1 Å². The van der Waals surface area contributed by atoms with Crippen molar-refractivity contribution < 1.29 is 17.3 Å². The van der Waals surface area contributed by atoms with Gasteiger partial charge in [-0.25, -0.2) is 9.78 Å². The minimum absolute atomic E-state index is 0. The van der Waals surface area contributed by atoms with Gasteiger partial charge >= 0.3 is 5.69 Å². The van der Waals surface area contributed by atoms with E-state index in [1.54, 1.807) is 18.3 Å². The van der Waals surface area contributed by atoms with Gasteiger partial charge in [-0.1, -0.05) is 0 Å². The summed E-state index contributed by atoms with van der Waals surface area (Å²) in [5.41, 5.74) is 0.377. The van der Waals surface area contributed by atoms with E-state index in [2.05, 4.69) is 11.9 Å². The summed E-state index contributed by atoms with van der Waals surface area (Å²) in [6, 6.07) is 0.437. The fraction of sp³-hybridized carbons (Fsp3) is 0.643. The van der Waals surface area contributed by atoms with Gasteiger partial charge < -0.3 is 21.9 Å². The van der Waals surface area contributed by atoms with Crippen LogP contribution in [0.4, 0.5) is 0 Å². The van der Waals surface area contributed by atoms with Gasteiger partial charge in [0.25, 0.3) is 5.56 Å². The van der Waals surface area contributed by atoms with E-state index >= 15 is 0 Å². The lowest BCUT2D eigenvalue weighted by Crippen LogP contribution is -3.13. The second-order valence-corrected chi connectivity index (χ2v) is 6.04. The number of quaternary nitrogens is 1. The zero-order chi connectivity index (χ0) is 15.1. The van der Waals surface area contributed by atoms with E-state index in [9.17, 15) is 9.59 Å². The molecule has 122 valence electrons. The molecule has 7 nitrogen and oxygen atoms in total. The number of fused-ring (bicyclic) bond motifs is 1. The molecule has 0 saturated carbocycles. The summed E-state index contributed by atoms with van der Waals surface area (Å²) in [5.74, 6) is 0. The predicted octanol–water partition coefficient (Wildman–Crippen LogP) is -4.50. The zero-order valence-corrected chi connectivity index (χ0v) is 13.9. The van der Waals surface area contributed by atoms with Crippen LogP contribution in [0.15, 0.2) is 15.9 Å². The molecular formula is C14H22ClN5O2. The van der Waals surface area contributed by atoms with Gasteiger partial charge in [0.15, 0.2) is 11.2 Å². The molecule has 8 heteroatoms. The molecule has 0 amide bonds. The van der Waals surface area contributed by atoms with Crippen LogP contribution in [0.25, 0.3) is 11.2 Å². The molecule has 1 unspecified atom stereocenters. The first-order chi connectivity index (χ1) is 10.0. The smallest absolute Gasteiger partial charge is 0.332 e. The van der Waals surface area contributed by atoms with Gasteiger partial charge in [-0.3, -0.25) is 13.9 Å². The van der Waals surface area contributed by atoms with Crippen molar-refractivity contribution >= 4 is 11.2 Å². The van der Waals surface area contributed by atoms with E-state index < -0.39 is 0 Å². The first kappa shape index (κ1) is 16.8. The van der Waals surface area contributed by atoms with Crippen molar-refractivity contribution in [2.24, 2.45) is 14.1 Å². The lowest BCUT2D eigenvalue weighted by atomic mass is 10.3. The lowest BCUT2D eigenvalue weighted by Gasteiger charge is -2.21. The topological polar surface area (TPSA) is 66.3 Å². The number of halogens is 1. The molecular weight excluding hydrogens is 306 g/mol. The van der Waals surface area contributed by atoms with Crippen LogP contribution < -0.4 is 28.6 Å². The summed E-state index contributed by atoms with van der Waals surface area (Å²) in [7, 11) is 3.16. The van der Waals surface area contributed by atoms with Crippen LogP contribution in [0.1, 0.15) is 19.8 Å². The first-order valence-corrected chi connectivity index (χ1v) is 7.46. The Morgan fingerprint density at radius 3 is 2.50 bits per heavy atom. The molecule has 0 aromatic carbocycles. The Morgan fingerprint density at radius 1 is 1.23 bits per heavy atom. The third-order valence-electron chi connectivity index (χ3n) is 4.63. The number of aryl methyl sites for hydroxylation is 1. The van der Waals surface area contributed by atoms with Gasteiger partial charge in [-0.15, -0.1) is 0 Å². The average Bonchev–Trinajstić information content (AvgIpc) is 3.12. The van der Waals surface area contributed by atoms with Crippen molar-refractivity contribution in [3.8, 4) is 0 Å². The van der Waals surface area contributed by atoms with Crippen LogP contribution in [0, 0.1) is 0 Å². The number of hydrogen-bond donors (Lipinski definition) is 1. The molecule has 1 fully saturated rings. The molecule has 0 bridgehead atoms. The van der Waals surface area contributed by atoms with Crippen molar-refractivity contribution in [2.45, 2.75) is 32.4 Å². The fourth-order valence-corrected chi connectivity index (χ4v) is 3.28. The van der Waals surface area contributed by atoms with Gasteiger partial charge in [0.05, 0.1) is 26.0 Å². The van der Waals surface area contributed by atoms with Crippen molar-refractivity contribution in [3.05, 3.63) is 27.2 Å². The second kappa shape index (κ2) is 6.26. The van der Waals surface area contributed by atoms with E-state index in [0.29, 0.717) is 17.2 Å². The molecule has 3 heterocycles. The van der Waals surface area contributed by atoms with Gasteiger partial charge in [0, 0.05) is 26.9 Å². The third-order valence-corrected chi connectivity index (χ3v) is 4.63. The van der Waals surface area contributed by atoms with Gasteiger partial charge in [0.1, 0.15) is 6.04 Å². The third kappa shape index (κ3) is 2.59. The summed E-state index contributed by atoms with van der Waals surface area (Å²) in [5, 5.41) is 0. The fourth-order valence-electron chi connectivity index (χ4n) is 3.28. The second-order valence-electron chi connectivity index (χ2n) is 6.04. The maximum absolute atomic E-state index is 12.4. The molecule has 0 radical (unpaired) electrons. The van der Waals surface area contributed by atoms with E-state index in [1.807, 2.05) is 4.57 Å². The zero-order valence-electron chi connectivity index (χ0n) is 13.2. The summed E-state index contributed by atoms with van der Waals surface area (Å²) in [6.07, 6.45) is 4.23. The number of likely N-dealkylation sites (tertiary alicyclic amines) is 1. The Bertz CT molecular complexity index is 785. The number of imidazole rings is 1. The Balaban J connectivity index is 0.00000176. The summed E-state index contributed by atoms with van der Waals surface area (Å²) < 4.78 is 4.47. The van der Waals surface area contributed by atoms with Crippen LogP contribution >= 0.6 is 0 Å². The average molecular weight is 328 g/mol. The highest BCUT2D eigenvalue weighted by atomic mass is 35.5. The summed E-state index contributed by atoms with van der Waals surface area (Å²) in [4.78, 5) is 30.1. The van der Waals surface area contributed by atoms with Crippen LogP contribution in [0.2, 0.25) is 0 Å². The Labute approximate surface area is 134 Å². The first-order valence-electron chi connectivity index (χ1n) is 7.46. The molecule has 3 rings (SSSR count). The van der Waals surface area contributed by atoms with Gasteiger partial charge in [0.2, 0.25) is 0 Å². The molecule has 1 aliphatic heterocycles. The standard InChI is InChI=1S/C14H21N5O2.ClH/c1-10(18-6-4-5-7-18)8-19-9-15-12-11(19)13(20)17(3)14(21)16(12)2;/h9-10H,4-8H2,1-3H3;1H. The molecule has 0 aliphatic carbocycles. The monoisotopic (exact) mass is 327 g/mol. The number of nitrogens with zero attached hydrogens (tertiary/aromatic N) is 4. The maximum Gasteiger partial charge on any atom is 0.332 e. The van der Waals surface area contributed by atoms with E-state index in [4.69, 9.17) is 0 Å². The van der Waals surface area contributed by atoms with Crippen LogP contribution in [0.5, 0.6) is 0 Å². The molecule has 0 spiro atoms. The Kier molecular flexibility index (Phi) is 4.77. The summed E-state index contributed by atoms with van der Waals surface area (Å²) in [6.45, 7) is 5.35. The van der Waals surface area contributed by atoms with E-state index in [-0.39, 0.29) is 23.7 Å². The molecule has 1 N–H and O–H groups in total. The Hall–Kier alpha value is -1.60. The number of hydrogen-bond acceptors (Lipinski definition) is 3. The highest BCUT2D eigenvalue weighted by Gasteiger charge is 2.23. The van der Waals surface area contributed by atoms with E-state index in [1.165, 1.54) is 37.5 Å². The van der Waals surface area contributed by atoms with Crippen LogP contribution in [-0.2, 0) is 20.6 Å². The maximum atomic E-state index is 12.4. The minimum atomic E-state index is -0.337. The minimum Gasteiger partial charge on any atom is -1.00 e. The Morgan fingerprint density at radius 2 is 1.86 bits per heavy atom. The normalized spacial score (nSPS) is 16.9. The van der Waals surface area contributed by atoms with Crippen LogP contribution in [0.3, 0.4) is 0 Å². The highest BCUT2D eigenvalue weighted by Crippen LogP contribution is 2.06. The van der Waals surface area contributed by atoms with Gasteiger partial charge in [-0.05, 0) is 6.92 Å².